The van der Waals surface area contributed by atoms with Crippen molar-refractivity contribution in [3.63, 3.8) is 0 Å². The van der Waals surface area contributed by atoms with Crippen LogP contribution in [0.25, 0.3) is 0 Å². The minimum Gasteiger partial charge on any atom is -0.338 e. The van der Waals surface area contributed by atoms with Crippen molar-refractivity contribution in [2.24, 2.45) is 5.84 Å². The summed E-state index contributed by atoms with van der Waals surface area (Å²) in [5, 5.41) is 3.55. The van der Waals surface area contributed by atoms with Gasteiger partial charge in [-0.05, 0) is 34.5 Å². The molecule has 0 aliphatic carbocycles. The SMILES string of the molecule is Cc1cccc(Nc2nc(NN)ncc2Cl)c1Br. The Hall–Kier alpha value is -1.37. The first-order valence-corrected chi connectivity index (χ1v) is 6.30. The van der Waals surface area contributed by atoms with Crippen LogP contribution in [0.5, 0.6) is 0 Å². The van der Waals surface area contributed by atoms with Crippen molar-refractivity contribution >= 4 is 45.0 Å². The largest absolute Gasteiger partial charge is 0.338 e. The van der Waals surface area contributed by atoms with Crippen molar-refractivity contribution in [3.8, 4) is 0 Å². The molecule has 2 rings (SSSR count). The van der Waals surface area contributed by atoms with Crippen LogP contribution >= 0.6 is 27.5 Å². The van der Waals surface area contributed by atoms with E-state index in [0.717, 1.165) is 15.7 Å². The molecule has 1 aromatic carbocycles. The number of nitrogens with zero attached hydrogens (tertiary/aromatic N) is 2. The van der Waals surface area contributed by atoms with Gasteiger partial charge in [0.2, 0.25) is 5.95 Å². The summed E-state index contributed by atoms with van der Waals surface area (Å²) in [6, 6.07) is 5.87. The van der Waals surface area contributed by atoms with Gasteiger partial charge in [-0.2, -0.15) is 4.98 Å². The summed E-state index contributed by atoms with van der Waals surface area (Å²) in [6.07, 6.45) is 1.48. The number of halogens is 2. The van der Waals surface area contributed by atoms with Gasteiger partial charge < -0.3 is 5.32 Å². The summed E-state index contributed by atoms with van der Waals surface area (Å²) in [6.45, 7) is 2.00. The van der Waals surface area contributed by atoms with Crippen molar-refractivity contribution in [2.45, 2.75) is 6.92 Å². The lowest BCUT2D eigenvalue weighted by Crippen LogP contribution is -2.11. The highest BCUT2D eigenvalue weighted by Crippen LogP contribution is 2.30. The lowest BCUT2D eigenvalue weighted by atomic mass is 10.2. The quantitative estimate of drug-likeness (QED) is 0.596. The molecular weight excluding hydrogens is 318 g/mol. The highest BCUT2D eigenvalue weighted by molar-refractivity contribution is 9.10. The molecule has 0 radical (unpaired) electrons. The van der Waals surface area contributed by atoms with Crippen LogP contribution in [0.15, 0.2) is 28.9 Å². The summed E-state index contributed by atoms with van der Waals surface area (Å²) < 4.78 is 0.960. The van der Waals surface area contributed by atoms with Crippen LogP contribution in [0.4, 0.5) is 17.5 Å². The van der Waals surface area contributed by atoms with Crippen molar-refractivity contribution in [1.29, 1.82) is 0 Å². The van der Waals surface area contributed by atoms with Gasteiger partial charge in [-0.3, -0.25) is 5.43 Å². The zero-order valence-corrected chi connectivity index (χ0v) is 11.9. The molecule has 2 aromatic rings. The molecule has 94 valence electrons. The topological polar surface area (TPSA) is 75.9 Å². The molecular formula is C11H11BrClN5. The molecule has 7 heteroatoms. The lowest BCUT2D eigenvalue weighted by Gasteiger charge is -2.11. The molecule has 0 aliphatic heterocycles. The Bertz CT molecular complexity index is 575. The number of nitrogen functional groups attached to an aromatic ring is 1. The zero-order valence-electron chi connectivity index (χ0n) is 9.54. The van der Waals surface area contributed by atoms with Crippen molar-refractivity contribution < 1.29 is 0 Å². The number of aromatic nitrogens is 2. The molecule has 0 unspecified atom stereocenters. The van der Waals surface area contributed by atoms with Crippen LogP contribution in [0.2, 0.25) is 5.02 Å². The van der Waals surface area contributed by atoms with E-state index in [1.807, 2.05) is 25.1 Å². The van der Waals surface area contributed by atoms with Gasteiger partial charge in [-0.25, -0.2) is 10.8 Å². The van der Waals surface area contributed by atoms with Crippen LogP contribution in [0, 0.1) is 6.92 Å². The molecule has 1 aromatic heterocycles. The van der Waals surface area contributed by atoms with Crippen LogP contribution in [-0.4, -0.2) is 9.97 Å². The first-order valence-electron chi connectivity index (χ1n) is 5.13. The summed E-state index contributed by atoms with van der Waals surface area (Å²) in [5.41, 5.74) is 4.36. The number of hydrogen-bond donors (Lipinski definition) is 3. The maximum Gasteiger partial charge on any atom is 0.239 e. The fraction of sp³-hybridized carbons (Fsp3) is 0.0909. The van der Waals surface area contributed by atoms with Gasteiger partial charge in [-0.1, -0.05) is 23.7 Å². The Morgan fingerprint density at radius 2 is 2.17 bits per heavy atom. The Morgan fingerprint density at radius 3 is 2.89 bits per heavy atom. The van der Waals surface area contributed by atoms with E-state index in [-0.39, 0.29) is 0 Å². The molecule has 0 saturated carbocycles. The number of hydrogen-bond acceptors (Lipinski definition) is 5. The van der Waals surface area contributed by atoms with Gasteiger partial charge >= 0.3 is 0 Å². The second kappa shape index (κ2) is 5.51. The monoisotopic (exact) mass is 327 g/mol. The van der Waals surface area contributed by atoms with Gasteiger partial charge in [0, 0.05) is 4.47 Å². The summed E-state index contributed by atoms with van der Waals surface area (Å²) in [7, 11) is 0. The minimum absolute atomic E-state index is 0.297. The number of hydrazine groups is 1. The van der Waals surface area contributed by atoms with E-state index in [2.05, 4.69) is 36.6 Å². The molecule has 0 fully saturated rings. The first-order chi connectivity index (χ1) is 8.61. The maximum atomic E-state index is 6.02. The first kappa shape index (κ1) is 13.1. The lowest BCUT2D eigenvalue weighted by molar-refractivity contribution is 1.12. The van der Waals surface area contributed by atoms with Gasteiger partial charge in [0.05, 0.1) is 11.9 Å². The molecule has 4 N–H and O–H groups in total. The van der Waals surface area contributed by atoms with E-state index < -0.39 is 0 Å². The third kappa shape index (κ3) is 2.72. The standard InChI is InChI=1S/C11H11BrClN5/c1-6-3-2-4-8(9(6)12)16-10-7(13)5-15-11(17-10)18-14/h2-5H,14H2,1H3,(H2,15,16,17,18). The second-order valence-corrected chi connectivity index (χ2v) is 4.80. The molecule has 18 heavy (non-hydrogen) atoms. The van der Waals surface area contributed by atoms with Crippen LogP contribution in [-0.2, 0) is 0 Å². The van der Waals surface area contributed by atoms with Gasteiger partial charge in [-0.15, -0.1) is 0 Å². The van der Waals surface area contributed by atoms with E-state index in [0.29, 0.717) is 16.8 Å². The van der Waals surface area contributed by atoms with Crippen LogP contribution in [0.1, 0.15) is 5.56 Å². The second-order valence-electron chi connectivity index (χ2n) is 3.60. The third-order valence-corrected chi connectivity index (χ3v) is 3.65. The molecule has 0 saturated heterocycles. The minimum atomic E-state index is 0.297. The van der Waals surface area contributed by atoms with Gasteiger partial charge in [0.25, 0.3) is 0 Å². The fourth-order valence-electron chi connectivity index (χ4n) is 1.40. The van der Waals surface area contributed by atoms with Crippen molar-refractivity contribution in [2.75, 3.05) is 10.7 Å². The summed E-state index contributed by atoms with van der Waals surface area (Å²) in [4.78, 5) is 8.05. The Morgan fingerprint density at radius 1 is 1.39 bits per heavy atom. The van der Waals surface area contributed by atoms with Crippen LogP contribution in [0.3, 0.4) is 0 Å². The molecule has 0 atom stereocenters. The van der Waals surface area contributed by atoms with E-state index in [1.165, 1.54) is 6.20 Å². The molecule has 0 aliphatic rings. The number of nitrogens with two attached hydrogens (primary N) is 1. The zero-order chi connectivity index (χ0) is 13.1. The third-order valence-electron chi connectivity index (χ3n) is 2.32. The Balaban J connectivity index is 2.36. The molecule has 0 amide bonds. The summed E-state index contributed by atoms with van der Waals surface area (Å²) in [5.74, 6) is 6.05. The number of nitrogens with one attached hydrogen (secondary N) is 2. The van der Waals surface area contributed by atoms with Crippen LogP contribution < -0.4 is 16.6 Å². The average Bonchev–Trinajstić information content (AvgIpc) is 2.37. The molecule has 1 heterocycles. The van der Waals surface area contributed by atoms with Crippen molar-refractivity contribution in [3.05, 3.63) is 39.5 Å². The number of aryl methyl sites for hydroxylation is 1. The average molecular weight is 329 g/mol. The van der Waals surface area contributed by atoms with Gasteiger partial charge in [0.15, 0.2) is 5.82 Å². The molecule has 0 bridgehead atoms. The number of anilines is 3. The summed E-state index contributed by atoms with van der Waals surface area (Å²) >= 11 is 9.53. The van der Waals surface area contributed by atoms with E-state index in [4.69, 9.17) is 17.4 Å². The highest BCUT2D eigenvalue weighted by Gasteiger charge is 2.08. The normalized spacial score (nSPS) is 10.2. The van der Waals surface area contributed by atoms with Gasteiger partial charge in [0.1, 0.15) is 5.02 Å². The fourth-order valence-corrected chi connectivity index (χ4v) is 1.90. The van der Waals surface area contributed by atoms with E-state index >= 15 is 0 Å². The van der Waals surface area contributed by atoms with E-state index in [9.17, 15) is 0 Å². The highest BCUT2D eigenvalue weighted by atomic mass is 79.9. The predicted molar refractivity (Wildman–Crippen MR) is 77.0 cm³/mol. The number of rotatable bonds is 3. The van der Waals surface area contributed by atoms with Crippen molar-refractivity contribution in [1.82, 2.24) is 9.97 Å². The maximum absolute atomic E-state index is 6.02. The smallest absolute Gasteiger partial charge is 0.239 e. The Kier molecular flexibility index (Phi) is 4.00. The molecule has 0 spiro atoms. The Labute approximate surface area is 118 Å². The molecule has 5 nitrogen and oxygen atoms in total. The van der Waals surface area contributed by atoms with E-state index in [1.54, 1.807) is 0 Å². The number of benzene rings is 1. The predicted octanol–water partition coefficient (Wildman–Crippen LogP) is 3.23.